The van der Waals surface area contributed by atoms with Crippen molar-refractivity contribution in [1.29, 1.82) is 0 Å². The summed E-state index contributed by atoms with van der Waals surface area (Å²) in [6.45, 7) is 4.47. The molecule has 0 bridgehead atoms. The molecule has 0 spiro atoms. The van der Waals surface area contributed by atoms with Gasteiger partial charge in [-0.05, 0) is 24.6 Å². The smallest absolute Gasteiger partial charge is 0.335 e. The highest BCUT2D eigenvalue weighted by Gasteiger charge is 2.11. The lowest BCUT2D eigenvalue weighted by Gasteiger charge is -2.11. The zero-order chi connectivity index (χ0) is 15.7. The Morgan fingerprint density at radius 3 is 2.81 bits per heavy atom. The third kappa shape index (κ3) is 5.66. The predicted molar refractivity (Wildman–Crippen MR) is 78.8 cm³/mol. The Morgan fingerprint density at radius 2 is 2.19 bits per heavy atom. The van der Waals surface area contributed by atoms with Crippen molar-refractivity contribution in [3.8, 4) is 5.75 Å². The normalized spacial score (nSPS) is 9.95. The van der Waals surface area contributed by atoms with Gasteiger partial charge in [-0.15, -0.1) is 6.58 Å². The van der Waals surface area contributed by atoms with Gasteiger partial charge in [0.2, 0.25) is 5.91 Å². The summed E-state index contributed by atoms with van der Waals surface area (Å²) in [4.78, 5) is 22.6. The molecular weight excluding hydrogens is 274 g/mol. The third-order valence-electron chi connectivity index (χ3n) is 2.65. The van der Waals surface area contributed by atoms with Gasteiger partial charge in [0.15, 0.2) is 0 Å². The second kappa shape index (κ2) is 8.76. The van der Waals surface area contributed by atoms with E-state index in [1.807, 2.05) is 0 Å². The Labute approximate surface area is 123 Å². The molecule has 0 atom stereocenters. The minimum atomic E-state index is -1.05. The molecule has 1 aromatic rings. The lowest BCUT2D eigenvalue weighted by Crippen LogP contribution is -2.13. The van der Waals surface area contributed by atoms with Gasteiger partial charge in [0.1, 0.15) is 5.75 Å². The Morgan fingerprint density at radius 1 is 1.43 bits per heavy atom. The summed E-state index contributed by atoms with van der Waals surface area (Å²) in [7, 11) is 1.42. The Kier molecular flexibility index (Phi) is 6.97. The van der Waals surface area contributed by atoms with Gasteiger partial charge in [0.25, 0.3) is 0 Å². The van der Waals surface area contributed by atoms with Crippen LogP contribution in [0.15, 0.2) is 30.9 Å². The molecule has 0 heterocycles. The molecule has 114 valence electrons. The number of ether oxygens (including phenoxy) is 2. The average Bonchev–Trinajstić information content (AvgIpc) is 2.47. The first-order chi connectivity index (χ1) is 10.1. The van der Waals surface area contributed by atoms with Crippen LogP contribution in [0.1, 0.15) is 23.2 Å². The molecule has 0 unspecified atom stereocenters. The summed E-state index contributed by atoms with van der Waals surface area (Å²) in [6, 6.07) is 4.28. The van der Waals surface area contributed by atoms with Crippen LogP contribution < -0.4 is 10.1 Å². The first kappa shape index (κ1) is 16.7. The monoisotopic (exact) mass is 293 g/mol. The maximum Gasteiger partial charge on any atom is 0.335 e. The number of methoxy groups -OCH3 is 1. The van der Waals surface area contributed by atoms with E-state index in [0.29, 0.717) is 37.5 Å². The van der Waals surface area contributed by atoms with Crippen molar-refractivity contribution in [2.45, 2.75) is 12.8 Å². The van der Waals surface area contributed by atoms with Crippen molar-refractivity contribution in [2.75, 3.05) is 25.6 Å². The van der Waals surface area contributed by atoms with Crippen LogP contribution >= 0.6 is 0 Å². The fraction of sp³-hybridized carbons (Fsp3) is 0.333. The fourth-order valence-corrected chi connectivity index (χ4v) is 1.64. The zero-order valence-corrected chi connectivity index (χ0v) is 11.9. The number of carboxylic acids is 1. The van der Waals surface area contributed by atoms with Crippen molar-refractivity contribution in [1.82, 2.24) is 0 Å². The molecule has 0 fully saturated rings. The van der Waals surface area contributed by atoms with E-state index in [9.17, 15) is 9.59 Å². The van der Waals surface area contributed by atoms with Crippen LogP contribution in [0.4, 0.5) is 5.69 Å². The maximum atomic E-state index is 11.8. The highest BCUT2D eigenvalue weighted by molar-refractivity contribution is 5.94. The molecular formula is C15H19NO5. The quantitative estimate of drug-likeness (QED) is 0.539. The van der Waals surface area contributed by atoms with Crippen LogP contribution in [0.2, 0.25) is 0 Å². The molecule has 0 aromatic heterocycles. The largest absolute Gasteiger partial charge is 0.495 e. The molecule has 2 N–H and O–H groups in total. The van der Waals surface area contributed by atoms with Gasteiger partial charge in [-0.2, -0.15) is 0 Å². The number of hydrogen-bond donors (Lipinski definition) is 2. The van der Waals surface area contributed by atoms with Crippen molar-refractivity contribution >= 4 is 17.6 Å². The third-order valence-corrected chi connectivity index (χ3v) is 2.65. The second-order valence-corrected chi connectivity index (χ2v) is 4.24. The molecule has 1 rings (SSSR count). The van der Waals surface area contributed by atoms with E-state index in [0.717, 1.165) is 0 Å². The number of carbonyl (C=O) groups is 2. The molecule has 6 heteroatoms. The minimum absolute atomic E-state index is 0.0997. The summed E-state index contributed by atoms with van der Waals surface area (Å²) in [5.41, 5.74) is 0.544. The number of nitrogens with one attached hydrogen (secondary N) is 1. The van der Waals surface area contributed by atoms with E-state index in [2.05, 4.69) is 11.9 Å². The summed E-state index contributed by atoms with van der Waals surface area (Å²) in [5, 5.41) is 11.6. The Balaban J connectivity index is 2.55. The lowest BCUT2D eigenvalue weighted by atomic mass is 10.2. The highest BCUT2D eigenvalue weighted by Crippen LogP contribution is 2.25. The van der Waals surface area contributed by atoms with Crippen LogP contribution in [0.25, 0.3) is 0 Å². The topological polar surface area (TPSA) is 84.9 Å². The number of carboxylic acid groups (broad SMARTS) is 1. The van der Waals surface area contributed by atoms with E-state index in [1.165, 1.54) is 25.3 Å². The van der Waals surface area contributed by atoms with E-state index < -0.39 is 5.97 Å². The van der Waals surface area contributed by atoms with Crippen LogP contribution in [-0.2, 0) is 9.53 Å². The van der Waals surface area contributed by atoms with Crippen LogP contribution in [0.3, 0.4) is 0 Å². The van der Waals surface area contributed by atoms with Gasteiger partial charge in [-0.3, -0.25) is 4.79 Å². The second-order valence-electron chi connectivity index (χ2n) is 4.24. The van der Waals surface area contributed by atoms with E-state index in [1.54, 1.807) is 6.08 Å². The molecule has 0 saturated heterocycles. The number of anilines is 1. The molecule has 0 saturated carbocycles. The van der Waals surface area contributed by atoms with Gasteiger partial charge in [0.05, 0.1) is 25.0 Å². The molecule has 1 aromatic carbocycles. The van der Waals surface area contributed by atoms with Crippen LogP contribution in [0, 0.1) is 0 Å². The van der Waals surface area contributed by atoms with Gasteiger partial charge in [-0.25, -0.2) is 4.79 Å². The number of hydrogen-bond acceptors (Lipinski definition) is 4. The molecule has 0 aliphatic rings. The van der Waals surface area contributed by atoms with Crippen molar-refractivity contribution in [3.05, 3.63) is 36.4 Å². The zero-order valence-electron chi connectivity index (χ0n) is 11.9. The summed E-state index contributed by atoms with van der Waals surface area (Å²) >= 11 is 0. The van der Waals surface area contributed by atoms with Gasteiger partial charge in [0, 0.05) is 13.0 Å². The van der Waals surface area contributed by atoms with Crippen molar-refractivity contribution in [2.24, 2.45) is 0 Å². The van der Waals surface area contributed by atoms with Gasteiger partial charge < -0.3 is 19.9 Å². The number of carbonyl (C=O) groups excluding carboxylic acids is 1. The molecule has 0 radical (unpaired) electrons. The minimum Gasteiger partial charge on any atom is -0.495 e. The summed E-state index contributed by atoms with van der Waals surface area (Å²) in [5.74, 6) is -0.921. The van der Waals surface area contributed by atoms with Crippen molar-refractivity contribution < 1.29 is 24.2 Å². The van der Waals surface area contributed by atoms with Gasteiger partial charge in [-0.1, -0.05) is 6.08 Å². The van der Waals surface area contributed by atoms with E-state index in [4.69, 9.17) is 14.6 Å². The number of aromatic carboxylic acids is 1. The molecule has 0 aliphatic heterocycles. The van der Waals surface area contributed by atoms with Crippen molar-refractivity contribution in [3.63, 3.8) is 0 Å². The van der Waals surface area contributed by atoms with E-state index in [-0.39, 0.29) is 11.5 Å². The standard InChI is InChI=1S/C15H19NO5/c1-3-8-21-9-4-5-14(17)16-12-7-6-11(15(18)19)10-13(12)20-2/h3,6-7,10H,1,4-5,8-9H2,2H3,(H,16,17)(H,18,19). The summed E-state index contributed by atoms with van der Waals surface area (Å²) in [6.07, 6.45) is 2.55. The molecule has 6 nitrogen and oxygen atoms in total. The molecule has 21 heavy (non-hydrogen) atoms. The first-order valence-corrected chi connectivity index (χ1v) is 6.48. The number of amides is 1. The Hall–Kier alpha value is -2.34. The number of benzene rings is 1. The predicted octanol–water partition coefficient (Wildman–Crippen LogP) is 2.31. The number of rotatable bonds is 9. The lowest BCUT2D eigenvalue weighted by molar-refractivity contribution is -0.116. The van der Waals surface area contributed by atoms with Crippen LogP contribution in [0.5, 0.6) is 5.75 Å². The SMILES string of the molecule is C=CCOCCCC(=O)Nc1ccc(C(=O)O)cc1OC. The Bertz CT molecular complexity index is 513. The molecule has 0 aliphatic carbocycles. The van der Waals surface area contributed by atoms with E-state index >= 15 is 0 Å². The molecule has 1 amide bonds. The van der Waals surface area contributed by atoms with Gasteiger partial charge >= 0.3 is 5.97 Å². The first-order valence-electron chi connectivity index (χ1n) is 6.48. The summed E-state index contributed by atoms with van der Waals surface area (Å²) < 4.78 is 10.3. The maximum absolute atomic E-state index is 11.8. The fourth-order valence-electron chi connectivity index (χ4n) is 1.64. The van der Waals surface area contributed by atoms with Crippen LogP contribution in [-0.4, -0.2) is 37.3 Å². The highest BCUT2D eigenvalue weighted by atomic mass is 16.5. The average molecular weight is 293 g/mol.